The molecule has 1 N–H and O–H groups in total. The van der Waals surface area contributed by atoms with Gasteiger partial charge in [-0.05, 0) is 38.1 Å². The molecule has 0 saturated heterocycles. The zero-order chi connectivity index (χ0) is 18.2. The lowest BCUT2D eigenvalue weighted by Gasteiger charge is -2.09. The van der Waals surface area contributed by atoms with Gasteiger partial charge in [0.1, 0.15) is 12.1 Å². The maximum Gasteiger partial charge on any atom is 0.263 e. The van der Waals surface area contributed by atoms with Crippen molar-refractivity contribution in [3.8, 4) is 5.82 Å². The molecular weight excluding hydrogens is 385 g/mol. The molecule has 25 heavy (non-hydrogen) atoms. The summed E-state index contributed by atoms with van der Waals surface area (Å²) in [5.41, 5.74) is 1.70. The van der Waals surface area contributed by atoms with Crippen molar-refractivity contribution in [3.05, 3.63) is 58.1 Å². The van der Waals surface area contributed by atoms with Crippen molar-refractivity contribution in [2.24, 2.45) is 0 Å². The highest BCUT2D eigenvalue weighted by Gasteiger charge is 2.17. The van der Waals surface area contributed by atoms with Gasteiger partial charge in [-0.3, -0.25) is 4.72 Å². The molecule has 2 aromatic heterocycles. The van der Waals surface area contributed by atoms with Crippen molar-refractivity contribution in [1.29, 1.82) is 0 Å². The van der Waals surface area contributed by atoms with E-state index in [9.17, 15) is 8.42 Å². The van der Waals surface area contributed by atoms with Crippen LogP contribution in [0.3, 0.4) is 0 Å². The van der Waals surface area contributed by atoms with Gasteiger partial charge < -0.3 is 0 Å². The number of nitrogens with one attached hydrogen (secondary N) is 1. The average Bonchev–Trinajstić information content (AvgIpc) is 2.88. The van der Waals surface area contributed by atoms with Crippen LogP contribution in [0.4, 0.5) is 5.82 Å². The smallest absolute Gasteiger partial charge is 0.263 e. The maximum atomic E-state index is 12.5. The summed E-state index contributed by atoms with van der Waals surface area (Å²) in [6, 6.07) is 7.44. The second-order valence-electron chi connectivity index (χ2n) is 5.28. The Labute approximate surface area is 154 Å². The zero-order valence-electron chi connectivity index (χ0n) is 13.2. The first kappa shape index (κ1) is 17.7. The molecule has 0 amide bonds. The van der Waals surface area contributed by atoms with E-state index in [4.69, 9.17) is 23.2 Å². The normalized spacial score (nSPS) is 11.5. The van der Waals surface area contributed by atoms with Crippen molar-refractivity contribution in [2.75, 3.05) is 4.72 Å². The fourth-order valence-corrected chi connectivity index (χ4v) is 3.61. The molecule has 0 aliphatic carbocycles. The summed E-state index contributed by atoms with van der Waals surface area (Å²) in [5, 5.41) is 4.74. The summed E-state index contributed by atoms with van der Waals surface area (Å²) in [6.07, 6.45) is 1.26. The van der Waals surface area contributed by atoms with Gasteiger partial charge in [0.25, 0.3) is 10.0 Å². The zero-order valence-corrected chi connectivity index (χ0v) is 15.6. The molecule has 3 aromatic rings. The molecule has 0 aliphatic rings. The lowest BCUT2D eigenvalue weighted by Crippen LogP contribution is -2.15. The predicted molar refractivity (Wildman–Crippen MR) is 95.9 cm³/mol. The number of anilines is 1. The first-order valence-corrected chi connectivity index (χ1v) is 9.34. The first-order valence-electron chi connectivity index (χ1n) is 7.10. The molecule has 0 unspecified atom stereocenters. The van der Waals surface area contributed by atoms with Gasteiger partial charge in [-0.1, -0.05) is 23.2 Å². The Morgan fingerprint density at radius 2 is 1.80 bits per heavy atom. The van der Waals surface area contributed by atoms with Crippen LogP contribution in [-0.4, -0.2) is 28.2 Å². The molecule has 10 heteroatoms. The lowest BCUT2D eigenvalue weighted by molar-refractivity contribution is 0.601. The van der Waals surface area contributed by atoms with Crippen LogP contribution in [-0.2, 0) is 10.0 Å². The molecule has 0 spiro atoms. The largest absolute Gasteiger partial charge is 0.263 e. The Morgan fingerprint density at radius 1 is 1.04 bits per heavy atom. The molecule has 0 radical (unpaired) electrons. The van der Waals surface area contributed by atoms with Crippen molar-refractivity contribution < 1.29 is 8.42 Å². The minimum absolute atomic E-state index is 0.0202. The molecule has 3 rings (SSSR count). The molecular formula is C15H13Cl2N5O2S. The fourth-order valence-electron chi connectivity index (χ4n) is 2.22. The number of hydrogen-bond acceptors (Lipinski definition) is 5. The van der Waals surface area contributed by atoms with Crippen LogP contribution in [0.15, 0.2) is 41.6 Å². The van der Waals surface area contributed by atoms with E-state index in [0.29, 0.717) is 5.82 Å². The molecule has 2 heterocycles. The van der Waals surface area contributed by atoms with E-state index < -0.39 is 10.0 Å². The third-order valence-corrected chi connectivity index (χ3v) is 5.41. The quantitative estimate of drug-likeness (QED) is 0.728. The highest BCUT2D eigenvalue weighted by Crippen LogP contribution is 2.26. The van der Waals surface area contributed by atoms with Gasteiger partial charge in [0.05, 0.1) is 20.6 Å². The third kappa shape index (κ3) is 3.76. The predicted octanol–water partition coefficient (Wildman–Crippen LogP) is 3.39. The number of rotatable bonds is 4. The van der Waals surface area contributed by atoms with Crippen LogP contribution >= 0.6 is 23.2 Å². The minimum atomic E-state index is -3.87. The van der Waals surface area contributed by atoms with E-state index in [1.807, 2.05) is 19.9 Å². The number of sulfonamides is 1. The Balaban J connectivity index is 1.94. The monoisotopic (exact) mass is 397 g/mol. The van der Waals surface area contributed by atoms with Crippen molar-refractivity contribution >= 4 is 39.0 Å². The summed E-state index contributed by atoms with van der Waals surface area (Å²) in [4.78, 5) is 8.06. The van der Waals surface area contributed by atoms with Gasteiger partial charge in [-0.15, -0.1) is 0 Å². The van der Waals surface area contributed by atoms with E-state index in [-0.39, 0.29) is 20.8 Å². The number of nitrogens with zero attached hydrogens (tertiary/aromatic N) is 4. The molecule has 7 nitrogen and oxygen atoms in total. The van der Waals surface area contributed by atoms with E-state index in [1.54, 1.807) is 4.68 Å². The number of hydrogen-bond donors (Lipinski definition) is 1. The Bertz CT molecular complexity index is 1050. The average molecular weight is 398 g/mol. The number of aryl methyl sites for hydroxylation is 2. The van der Waals surface area contributed by atoms with E-state index in [2.05, 4.69) is 19.8 Å². The van der Waals surface area contributed by atoms with Gasteiger partial charge in [-0.2, -0.15) is 5.10 Å². The third-order valence-electron chi connectivity index (χ3n) is 3.32. The van der Waals surface area contributed by atoms with E-state index in [0.717, 1.165) is 11.4 Å². The summed E-state index contributed by atoms with van der Waals surface area (Å²) >= 11 is 11.7. The number of aromatic nitrogens is 4. The van der Waals surface area contributed by atoms with Crippen molar-refractivity contribution in [1.82, 2.24) is 19.7 Å². The van der Waals surface area contributed by atoms with Gasteiger partial charge in [0, 0.05) is 11.8 Å². The number of halogens is 2. The molecule has 0 bridgehead atoms. The fraction of sp³-hybridized carbons (Fsp3) is 0.133. The van der Waals surface area contributed by atoms with Gasteiger partial charge >= 0.3 is 0 Å². The van der Waals surface area contributed by atoms with Crippen LogP contribution in [0.5, 0.6) is 0 Å². The van der Waals surface area contributed by atoms with Crippen LogP contribution in [0.1, 0.15) is 11.4 Å². The topological polar surface area (TPSA) is 89.8 Å². The molecule has 0 fully saturated rings. The second kappa shape index (κ2) is 6.62. The minimum Gasteiger partial charge on any atom is -0.263 e. The summed E-state index contributed by atoms with van der Waals surface area (Å²) in [5.74, 6) is 0.566. The van der Waals surface area contributed by atoms with Crippen LogP contribution in [0, 0.1) is 13.8 Å². The summed E-state index contributed by atoms with van der Waals surface area (Å²) in [6.45, 7) is 3.74. The highest BCUT2D eigenvalue weighted by atomic mass is 35.5. The van der Waals surface area contributed by atoms with E-state index >= 15 is 0 Å². The Hall–Kier alpha value is -2.16. The Morgan fingerprint density at radius 3 is 2.44 bits per heavy atom. The first-order chi connectivity index (χ1) is 11.8. The standard InChI is InChI=1S/C15H13Cl2N5O2S/c1-9-5-10(2)22(20-9)15-7-14(18-8-19-15)21-25(23,24)11-3-4-12(16)13(17)6-11/h3-8H,1-2H3,(H,18,19,21). The van der Waals surface area contributed by atoms with Gasteiger partial charge in [0.15, 0.2) is 5.82 Å². The van der Waals surface area contributed by atoms with Crippen LogP contribution in [0.25, 0.3) is 5.82 Å². The van der Waals surface area contributed by atoms with E-state index in [1.165, 1.54) is 30.6 Å². The van der Waals surface area contributed by atoms with Gasteiger partial charge in [-0.25, -0.2) is 23.1 Å². The second-order valence-corrected chi connectivity index (χ2v) is 7.78. The maximum absolute atomic E-state index is 12.5. The van der Waals surface area contributed by atoms with Crippen LogP contribution in [0.2, 0.25) is 10.0 Å². The molecule has 0 aliphatic heterocycles. The Kier molecular flexibility index (Phi) is 4.68. The number of benzene rings is 1. The molecule has 0 atom stereocenters. The van der Waals surface area contributed by atoms with Crippen molar-refractivity contribution in [2.45, 2.75) is 18.7 Å². The van der Waals surface area contributed by atoms with Crippen molar-refractivity contribution in [3.63, 3.8) is 0 Å². The molecule has 130 valence electrons. The summed E-state index contributed by atoms with van der Waals surface area (Å²) in [7, 11) is -3.87. The SMILES string of the molecule is Cc1cc(C)n(-c2cc(NS(=O)(=O)c3ccc(Cl)c(Cl)c3)ncn2)n1. The summed E-state index contributed by atoms with van der Waals surface area (Å²) < 4.78 is 29.0. The lowest BCUT2D eigenvalue weighted by atomic mass is 10.4. The highest BCUT2D eigenvalue weighted by molar-refractivity contribution is 7.92. The molecule has 1 aromatic carbocycles. The van der Waals surface area contributed by atoms with Gasteiger partial charge in [0.2, 0.25) is 0 Å². The molecule has 0 saturated carbocycles. The van der Waals surface area contributed by atoms with Crippen LogP contribution < -0.4 is 4.72 Å².